The molecule has 0 fully saturated rings. The summed E-state index contributed by atoms with van der Waals surface area (Å²) in [5, 5.41) is 9.24. The highest BCUT2D eigenvalue weighted by molar-refractivity contribution is 7.99. The summed E-state index contributed by atoms with van der Waals surface area (Å²) < 4.78 is 5.08. The van der Waals surface area contributed by atoms with Gasteiger partial charge < -0.3 is 4.42 Å². The highest BCUT2D eigenvalue weighted by Crippen LogP contribution is 2.32. The minimum absolute atomic E-state index is 0.348. The maximum Gasteiger partial charge on any atom is 0.273 e. The molecule has 0 saturated heterocycles. The van der Waals surface area contributed by atoms with Crippen LogP contribution >= 0.6 is 11.8 Å². The molecule has 6 nitrogen and oxygen atoms in total. The van der Waals surface area contributed by atoms with E-state index in [9.17, 15) is 14.9 Å². The summed E-state index contributed by atoms with van der Waals surface area (Å²) in [7, 11) is 0. The summed E-state index contributed by atoms with van der Waals surface area (Å²) in [4.78, 5) is 26.1. The molecule has 0 saturated carbocycles. The molecule has 1 aromatic heterocycles. The number of nitriles is 1. The van der Waals surface area contributed by atoms with Gasteiger partial charge in [0.1, 0.15) is 11.8 Å². The number of hydrogen-bond acceptors (Lipinski definition) is 5. The van der Waals surface area contributed by atoms with Gasteiger partial charge in [-0.3, -0.25) is 20.4 Å². The van der Waals surface area contributed by atoms with Gasteiger partial charge in [0.15, 0.2) is 0 Å². The number of carbonyl (C=O) groups is 2. The van der Waals surface area contributed by atoms with Crippen LogP contribution in [0.25, 0.3) is 0 Å². The van der Waals surface area contributed by atoms with E-state index >= 15 is 0 Å². The Hall–Kier alpha value is -3.50. The molecule has 0 spiro atoms. The number of nitrogens with zero attached hydrogens (tertiary/aromatic N) is 1. The minimum Gasteiger partial charge on any atom is -0.469 e. The summed E-state index contributed by atoms with van der Waals surface area (Å²) >= 11 is 1.32. The number of nitrogens with one attached hydrogen (secondary N) is 2. The van der Waals surface area contributed by atoms with Crippen LogP contribution in [-0.2, 0) is 0 Å². The molecule has 27 heavy (non-hydrogen) atoms. The highest BCUT2D eigenvalue weighted by Gasteiger charge is 2.16. The van der Waals surface area contributed by atoms with E-state index < -0.39 is 11.8 Å². The van der Waals surface area contributed by atoms with Gasteiger partial charge in [-0.1, -0.05) is 36.0 Å². The maximum absolute atomic E-state index is 12.5. The summed E-state index contributed by atoms with van der Waals surface area (Å²) in [6.07, 6.45) is 1.41. The van der Waals surface area contributed by atoms with Crippen molar-refractivity contribution in [3.8, 4) is 6.07 Å². The normalized spacial score (nSPS) is 10.1. The van der Waals surface area contributed by atoms with E-state index in [2.05, 4.69) is 16.9 Å². The van der Waals surface area contributed by atoms with E-state index in [0.29, 0.717) is 27.3 Å². The molecule has 1 heterocycles. The predicted octanol–water partition coefficient (Wildman–Crippen LogP) is 3.69. The third-order valence-electron chi connectivity index (χ3n) is 3.75. The zero-order chi connectivity index (χ0) is 19.2. The van der Waals surface area contributed by atoms with E-state index in [1.54, 1.807) is 37.3 Å². The fourth-order valence-electron chi connectivity index (χ4n) is 2.38. The summed E-state index contributed by atoms with van der Waals surface area (Å²) in [5.41, 5.74) is 6.05. The first kappa shape index (κ1) is 18.3. The van der Waals surface area contributed by atoms with Gasteiger partial charge in [-0.2, -0.15) is 5.26 Å². The van der Waals surface area contributed by atoms with Crippen molar-refractivity contribution >= 4 is 23.6 Å². The number of hydrogen-bond donors (Lipinski definition) is 2. The maximum atomic E-state index is 12.5. The Bertz CT molecular complexity index is 1040. The molecule has 7 heteroatoms. The lowest BCUT2D eigenvalue weighted by molar-refractivity contribution is 0.0844. The molecule has 0 unspecified atom stereocenters. The fourth-order valence-corrected chi connectivity index (χ4v) is 3.40. The van der Waals surface area contributed by atoms with Gasteiger partial charge in [-0.15, -0.1) is 0 Å². The van der Waals surface area contributed by atoms with E-state index in [-0.39, 0.29) is 0 Å². The molecular weight excluding hydrogens is 362 g/mol. The molecule has 134 valence electrons. The van der Waals surface area contributed by atoms with E-state index in [4.69, 9.17) is 4.42 Å². The van der Waals surface area contributed by atoms with Crippen molar-refractivity contribution in [1.82, 2.24) is 10.9 Å². The van der Waals surface area contributed by atoms with Crippen molar-refractivity contribution in [2.45, 2.75) is 16.7 Å². The highest BCUT2D eigenvalue weighted by atomic mass is 32.2. The predicted molar refractivity (Wildman–Crippen MR) is 100 cm³/mol. The molecular formula is C20H15N3O3S. The molecule has 2 aromatic carbocycles. The van der Waals surface area contributed by atoms with Gasteiger partial charge in [0.25, 0.3) is 11.8 Å². The summed E-state index contributed by atoms with van der Waals surface area (Å²) in [6.45, 7) is 1.66. The zero-order valence-electron chi connectivity index (χ0n) is 14.4. The summed E-state index contributed by atoms with van der Waals surface area (Å²) in [6, 6.07) is 17.8. The minimum atomic E-state index is -0.463. The zero-order valence-corrected chi connectivity index (χ0v) is 15.2. The Morgan fingerprint density at radius 2 is 1.56 bits per heavy atom. The largest absolute Gasteiger partial charge is 0.469 e. The topological polar surface area (TPSA) is 95.1 Å². The fraction of sp³-hybridized carbons (Fsp3) is 0.0500. The Morgan fingerprint density at radius 3 is 2.22 bits per heavy atom. The van der Waals surface area contributed by atoms with Crippen LogP contribution in [0.3, 0.4) is 0 Å². The number of aryl methyl sites for hydroxylation is 1. The quantitative estimate of drug-likeness (QED) is 0.676. The van der Waals surface area contributed by atoms with E-state index in [1.807, 2.05) is 18.2 Å². The summed E-state index contributed by atoms with van der Waals surface area (Å²) in [5.74, 6) is -0.456. The van der Waals surface area contributed by atoms with Gasteiger partial charge in [0, 0.05) is 9.79 Å². The lowest BCUT2D eigenvalue weighted by Gasteiger charge is -2.11. The second kappa shape index (κ2) is 8.25. The molecule has 0 atom stereocenters. The van der Waals surface area contributed by atoms with Crippen molar-refractivity contribution in [3.63, 3.8) is 0 Å². The lowest BCUT2D eigenvalue weighted by Crippen LogP contribution is -2.41. The standard InChI is InChI=1S/C20H15N3O3S/c1-13-15(10-11-26-13)19(24)22-23-20(25)16-7-3-5-9-18(16)27-17-8-4-2-6-14(17)12-21/h2-11H,1H3,(H,22,24)(H,23,25). The van der Waals surface area contributed by atoms with Crippen LogP contribution in [0.2, 0.25) is 0 Å². The molecule has 0 bridgehead atoms. The molecule has 0 radical (unpaired) electrons. The first-order valence-corrected chi connectivity index (χ1v) is 8.82. The Balaban J connectivity index is 1.75. The van der Waals surface area contributed by atoms with Crippen LogP contribution in [0.1, 0.15) is 32.0 Å². The number of furan rings is 1. The molecule has 3 aromatic rings. The molecule has 0 aliphatic rings. The Morgan fingerprint density at radius 1 is 0.926 bits per heavy atom. The number of hydrazine groups is 1. The Labute approximate surface area is 160 Å². The molecule has 0 aliphatic carbocycles. The number of carbonyl (C=O) groups excluding carboxylic acids is 2. The van der Waals surface area contributed by atoms with Gasteiger partial charge in [0.05, 0.1) is 23.0 Å². The monoisotopic (exact) mass is 377 g/mol. The third kappa shape index (κ3) is 4.19. The number of amides is 2. The van der Waals surface area contributed by atoms with Crippen molar-refractivity contribution < 1.29 is 14.0 Å². The van der Waals surface area contributed by atoms with Crippen molar-refractivity contribution in [2.75, 3.05) is 0 Å². The SMILES string of the molecule is Cc1occc1C(=O)NNC(=O)c1ccccc1Sc1ccccc1C#N. The van der Waals surface area contributed by atoms with Crippen LogP contribution < -0.4 is 10.9 Å². The molecule has 3 rings (SSSR count). The number of rotatable bonds is 4. The molecule has 2 N–H and O–H groups in total. The van der Waals surface area contributed by atoms with Crippen LogP contribution in [0, 0.1) is 18.3 Å². The molecule has 0 aliphatic heterocycles. The first-order valence-electron chi connectivity index (χ1n) is 8.01. The van der Waals surface area contributed by atoms with Crippen molar-refractivity contribution in [3.05, 3.63) is 83.3 Å². The van der Waals surface area contributed by atoms with Crippen LogP contribution in [0.15, 0.2) is 75.1 Å². The van der Waals surface area contributed by atoms with Gasteiger partial charge >= 0.3 is 0 Å². The smallest absolute Gasteiger partial charge is 0.273 e. The van der Waals surface area contributed by atoms with Gasteiger partial charge in [-0.25, -0.2) is 0 Å². The average Bonchev–Trinajstić information content (AvgIpc) is 3.12. The first-order chi connectivity index (χ1) is 13.1. The third-order valence-corrected chi connectivity index (χ3v) is 4.90. The van der Waals surface area contributed by atoms with Crippen LogP contribution in [-0.4, -0.2) is 11.8 Å². The second-order valence-corrected chi connectivity index (χ2v) is 6.59. The lowest BCUT2D eigenvalue weighted by atomic mass is 10.2. The van der Waals surface area contributed by atoms with Crippen LogP contribution in [0.5, 0.6) is 0 Å². The van der Waals surface area contributed by atoms with E-state index in [0.717, 1.165) is 4.90 Å². The number of benzene rings is 2. The van der Waals surface area contributed by atoms with E-state index in [1.165, 1.54) is 24.1 Å². The Kier molecular flexibility index (Phi) is 5.59. The van der Waals surface area contributed by atoms with Gasteiger partial charge in [0.2, 0.25) is 0 Å². The van der Waals surface area contributed by atoms with Crippen molar-refractivity contribution in [1.29, 1.82) is 5.26 Å². The van der Waals surface area contributed by atoms with Crippen LogP contribution in [0.4, 0.5) is 0 Å². The average molecular weight is 377 g/mol. The van der Waals surface area contributed by atoms with Crippen molar-refractivity contribution in [2.24, 2.45) is 0 Å². The second-order valence-electron chi connectivity index (χ2n) is 5.50. The van der Waals surface area contributed by atoms with Gasteiger partial charge in [-0.05, 0) is 37.3 Å². The molecule has 2 amide bonds.